The minimum Gasteiger partial charge on any atom is -0.312 e. The van der Waals surface area contributed by atoms with Crippen LogP contribution >= 0.6 is 0 Å². The van der Waals surface area contributed by atoms with Crippen molar-refractivity contribution in [1.29, 1.82) is 5.26 Å². The zero-order chi connectivity index (χ0) is 13.2. The molecule has 0 spiro atoms. The van der Waals surface area contributed by atoms with Gasteiger partial charge in [-0.15, -0.1) is 0 Å². The fraction of sp³-hybridized carbons (Fsp3) is 0.200. The van der Waals surface area contributed by atoms with E-state index in [2.05, 4.69) is 16.4 Å². The van der Waals surface area contributed by atoms with Gasteiger partial charge in [0.25, 0.3) is 0 Å². The zero-order valence-electron chi connectivity index (χ0n) is 10.3. The predicted molar refractivity (Wildman–Crippen MR) is 69.8 cm³/mol. The number of rotatable bonds is 1. The average molecular weight is 253 g/mol. The molecule has 0 atom stereocenters. The largest absolute Gasteiger partial charge is 0.312 e. The molecular weight excluding hydrogens is 241 g/mol. The third kappa shape index (κ3) is 2.09. The fourth-order valence-electron chi connectivity index (χ4n) is 2.48. The maximum absolute atomic E-state index is 13.4. The first-order valence-electron chi connectivity index (χ1n) is 6.17. The first-order valence-corrected chi connectivity index (χ1v) is 6.17. The van der Waals surface area contributed by atoms with Gasteiger partial charge in [0.1, 0.15) is 11.9 Å². The van der Waals surface area contributed by atoms with E-state index in [0.29, 0.717) is 12.1 Å². The highest BCUT2D eigenvalue weighted by molar-refractivity contribution is 5.74. The Balaban J connectivity index is 2.26. The van der Waals surface area contributed by atoms with Gasteiger partial charge in [0.2, 0.25) is 0 Å². The van der Waals surface area contributed by atoms with Crippen molar-refractivity contribution in [3.8, 4) is 17.2 Å². The van der Waals surface area contributed by atoms with Crippen LogP contribution < -0.4 is 5.32 Å². The Morgan fingerprint density at radius 1 is 1.37 bits per heavy atom. The van der Waals surface area contributed by atoms with Crippen molar-refractivity contribution in [2.75, 3.05) is 6.54 Å². The first kappa shape index (κ1) is 11.8. The van der Waals surface area contributed by atoms with E-state index in [1.807, 2.05) is 6.07 Å². The van der Waals surface area contributed by atoms with Gasteiger partial charge < -0.3 is 5.32 Å². The number of nitriles is 1. The van der Waals surface area contributed by atoms with Crippen LogP contribution in [0.2, 0.25) is 0 Å². The van der Waals surface area contributed by atoms with Crippen molar-refractivity contribution in [2.45, 2.75) is 13.0 Å². The number of hydrogen-bond acceptors (Lipinski definition) is 3. The molecule has 0 unspecified atom stereocenters. The van der Waals surface area contributed by atoms with Gasteiger partial charge in [-0.1, -0.05) is 12.1 Å². The van der Waals surface area contributed by atoms with Gasteiger partial charge in [-0.2, -0.15) is 5.26 Å². The number of hydrogen-bond donors (Lipinski definition) is 1. The molecule has 0 fully saturated rings. The molecule has 0 saturated heterocycles. The molecule has 0 amide bonds. The molecule has 3 rings (SSSR count). The maximum Gasteiger partial charge on any atom is 0.123 e. The van der Waals surface area contributed by atoms with Gasteiger partial charge in [0.05, 0.1) is 5.56 Å². The van der Waals surface area contributed by atoms with Gasteiger partial charge in [0, 0.05) is 37.0 Å². The molecule has 2 heterocycles. The van der Waals surface area contributed by atoms with E-state index in [4.69, 9.17) is 0 Å². The van der Waals surface area contributed by atoms with E-state index >= 15 is 0 Å². The number of pyridine rings is 1. The van der Waals surface area contributed by atoms with Crippen LogP contribution in [-0.2, 0) is 13.0 Å². The lowest BCUT2D eigenvalue weighted by molar-refractivity contribution is 0.626. The third-order valence-corrected chi connectivity index (χ3v) is 3.34. The molecule has 0 bridgehead atoms. The monoisotopic (exact) mass is 253 g/mol. The molecule has 4 heteroatoms. The molecule has 3 nitrogen and oxygen atoms in total. The smallest absolute Gasteiger partial charge is 0.123 e. The molecule has 2 aromatic rings. The second-order valence-corrected chi connectivity index (χ2v) is 4.52. The quantitative estimate of drug-likeness (QED) is 0.849. The van der Waals surface area contributed by atoms with Gasteiger partial charge >= 0.3 is 0 Å². The first-order chi connectivity index (χ1) is 9.29. The lowest BCUT2D eigenvalue weighted by Gasteiger charge is -2.20. The Bertz CT molecular complexity index is 674. The molecule has 19 heavy (non-hydrogen) atoms. The van der Waals surface area contributed by atoms with Crippen LogP contribution in [0.1, 0.15) is 16.8 Å². The van der Waals surface area contributed by atoms with E-state index in [1.54, 1.807) is 12.3 Å². The summed E-state index contributed by atoms with van der Waals surface area (Å²) in [6.07, 6.45) is 2.42. The molecule has 94 valence electrons. The van der Waals surface area contributed by atoms with Crippen LogP contribution in [-0.4, -0.2) is 11.5 Å². The van der Waals surface area contributed by atoms with Crippen LogP contribution in [0.25, 0.3) is 11.1 Å². The van der Waals surface area contributed by atoms with Crippen molar-refractivity contribution in [1.82, 2.24) is 10.3 Å². The second-order valence-electron chi connectivity index (χ2n) is 4.52. The highest BCUT2D eigenvalue weighted by atomic mass is 19.1. The number of halogens is 1. The summed E-state index contributed by atoms with van der Waals surface area (Å²) in [6.45, 7) is 1.55. The number of benzene rings is 1. The van der Waals surface area contributed by atoms with E-state index < -0.39 is 0 Å². The Morgan fingerprint density at radius 3 is 3.05 bits per heavy atom. The summed E-state index contributed by atoms with van der Waals surface area (Å²) in [5, 5.41) is 12.5. The lowest BCUT2D eigenvalue weighted by atomic mass is 9.92. The highest BCUT2D eigenvalue weighted by Crippen LogP contribution is 2.30. The molecule has 1 aromatic heterocycles. The van der Waals surface area contributed by atoms with E-state index in [9.17, 15) is 9.65 Å². The van der Waals surface area contributed by atoms with Crippen molar-refractivity contribution in [2.24, 2.45) is 0 Å². The summed E-state index contributed by atoms with van der Waals surface area (Å²) >= 11 is 0. The topological polar surface area (TPSA) is 48.7 Å². The van der Waals surface area contributed by atoms with Gasteiger partial charge in [-0.05, 0) is 23.3 Å². The third-order valence-electron chi connectivity index (χ3n) is 3.34. The number of nitrogens with zero attached hydrogens (tertiary/aromatic N) is 2. The Hall–Kier alpha value is -2.25. The second kappa shape index (κ2) is 4.79. The zero-order valence-corrected chi connectivity index (χ0v) is 10.3. The minimum absolute atomic E-state index is 0.296. The van der Waals surface area contributed by atoms with Crippen LogP contribution in [0.5, 0.6) is 0 Å². The molecule has 1 aromatic carbocycles. The summed E-state index contributed by atoms with van der Waals surface area (Å²) in [5.74, 6) is -0.296. The normalized spacial score (nSPS) is 13.7. The fourth-order valence-corrected chi connectivity index (χ4v) is 2.48. The minimum atomic E-state index is -0.296. The Labute approximate surface area is 110 Å². The molecule has 0 radical (unpaired) electrons. The van der Waals surface area contributed by atoms with Crippen LogP contribution in [0, 0.1) is 17.1 Å². The van der Waals surface area contributed by atoms with Gasteiger partial charge in [-0.25, -0.2) is 4.39 Å². The highest BCUT2D eigenvalue weighted by Gasteiger charge is 2.19. The molecule has 0 aliphatic carbocycles. The standard InChI is InChI=1S/C15H12FN3/c16-12-3-1-2-10(6-12)15-11(7-17)8-19-14-4-5-18-9-13(14)15/h1-3,6,8,18H,4-5,9H2. The lowest BCUT2D eigenvalue weighted by Crippen LogP contribution is -2.25. The van der Waals surface area contributed by atoms with E-state index in [-0.39, 0.29) is 5.82 Å². The molecule has 0 saturated carbocycles. The molecular formula is C15H12FN3. The number of aromatic nitrogens is 1. The molecule has 1 N–H and O–H groups in total. The van der Waals surface area contributed by atoms with Crippen LogP contribution in [0.4, 0.5) is 4.39 Å². The van der Waals surface area contributed by atoms with Crippen LogP contribution in [0.3, 0.4) is 0 Å². The summed E-state index contributed by atoms with van der Waals surface area (Å²) < 4.78 is 13.4. The van der Waals surface area contributed by atoms with Gasteiger partial charge in [-0.3, -0.25) is 4.98 Å². The predicted octanol–water partition coefficient (Wildman–Crippen LogP) is 2.41. The molecule has 1 aliphatic rings. The maximum atomic E-state index is 13.4. The van der Waals surface area contributed by atoms with Gasteiger partial charge in [0.15, 0.2) is 0 Å². The van der Waals surface area contributed by atoms with E-state index in [0.717, 1.165) is 35.3 Å². The Morgan fingerprint density at radius 2 is 2.26 bits per heavy atom. The van der Waals surface area contributed by atoms with Crippen molar-refractivity contribution in [3.05, 3.63) is 53.1 Å². The van der Waals surface area contributed by atoms with Crippen LogP contribution in [0.15, 0.2) is 30.5 Å². The Kier molecular flexibility index (Phi) is 2.98. The molecule has 1 aliphatic heterocycles. The van der Waals surface area contributed by atoms with Crippen molar-refractivity contribution >= 4 is 0 Å². The average Bonchev–Trinajstić information content (AvgIpc) is 2.46. The SMILES string of the molecule is N#Cc1cnc2c(c1-c1cccc(F)c1)CNCC2. The summed E-state index contributed by atoms with van der Waals surface area (Å²) in [4.78, 5) is 4.34. The summed E-state index contributed by atoms with van der Waals surface area (Å²) in [5.41, 5.74) is 4.04. The number of fused-ring (bicyclic) bond motifs is 1. The van der Waals surface area contributed by atoms with Crippen molar-refractivity contribution in [3.63, 3.8) is 0 Å². The number of nitrogens with one attached hydrogen (secondary N) is 1. The van der Waals surface area contributed by atoms with Crippen molar-refractivity contribution < 1.29 is 4.39 Å². The summed E-state index contributed by atoms with van der Waals surface area (Å²) in [6, 6.07) is 8.51. The summed E-state index contributed by atoms with van der Waals surface area (Å²) in [7, 11) is 0. The van der Waals surface area contributed by atoms with E-state index in [1.165, 1.54) is 12.1 Å².